The standard InChI is InChI=1S/C14H31O4P.Na/c1-2-3-4-5-6-7-8-9-10-11-12-13-14-18-19(15,16)17;/h2-14H2,1H3,(H2,15,16,17);/q;+1/p-1. The van der Waals surface area contributed by atoms with Crippen molar-refractivity contribution in [1.82, 2.24) is 0 Å². The number of unbranched alkanes of at least 4 members (excludes halogenated alkanes) is 11. The third-order valence-electron chi connectivity index (χ3n) is 3.25. The summed E-state index contributed by atoms with van der Waals surface area (Å²) in [6.07, 6.45) is 14.7. The average Bonchev–Trinajstić information content (AvgIpc) is 2.34. The van der Waals surface area contributed by atoms with E-state index in [1.54, 1.807) is 0 Å². The van der Waals surface area contributed by atoms with Gasteiger partial charge in [0.1, 0.15) is 0 Å². The number of phosphoric acid groups is 1. The van der Waals surface area contributed by atoms with Crippen LogP contribution in [0.4, 0.5) is 0 Å². The van der Waals surface area contributed by atoms with Crippen LogP contribution in [0.1, 0.15) is 84.0 Å². The van der Waals surface area contributed by atoms with E-state index in [4.69, 9.17) is 4.89 Å². The summed E-state index contributed by atoms with van der Waals surface area (Å²) >= 11 is 0. The Bertz CT molecular complexity index is 233. The molecule has 0 rings (SSSR count). The second-order valence-corrected chi connectivity index (χ2v) is 6.39. The minimum absolute atomic E-state index is 0. The Kier molecular flexibility index (Phi) is 19.3. The van der Waals surface area contributed by atoms with Gasteiger partial charge < -0.3 is 14.3 Å². The molecule has 0 heterocycles. The van der Waals surface area contributed by atoms with Crippen molar-refractivity contribution in [2.24, 2.45) is 0 Å². The largest absolute Gasteiger partial charge is 1.00 e. The van der Waals surface area contributed by atoms with Gasteiger partial charge in [0.25, 0.3) is 7.82 Å². The molecule has 116 valence electrons. The zero-order valence-corrected chi connectivity index (χ0v) is 16.2. The Morgan fingerprint density at radius 2 is 1.20 bits per heavy atom. The first-order chi connectivity index (χ1) is 9.06. The second kappa shape index (κ2) is 16.5. The van der Waals surface area contributed by atoms with E-state index in [1.165, 1.54) is 57.8 Å². The summed E-state index contributed by atoms with van der Waals surface area (Å²) in [5.41, 5.74) is 0. The van der Waals surface area contributed by atoms with Crippen molar-refractivity contribution in [2.45, 2.75) is 84.0 Å². The van der Waals surface area contributed by atoms with Crippen LogP contribution < -0.4 is 34.5 Å². The van der Waals surface area contributed by atoms with E-state index in [1.807, 2.05) is 0 Å². The van der Waals surface area contributed by atoms with Crippen molar-refractivity contribution >= 4 is 7.82 Å². The van der Waals surface area contributed by atoms with Crippen LogP contribution in [0.2, 0.25) is 0 Å². The predicted octanol–water partition coefficient (Wildman–Crippen LogP) is 1.17. The van der Waals surface area contributed by atoms with Crippen molar-refractivity contribution in [3.05, 3.63) is 0 Å². The minimum Gasteiger partial charge on any atom is -0.756 e. The molecular formula is C14H30NaO4P. The van der Waals surface area contributed by atoms with Gasteiger partial charge in [-0.3, -0.25) is 4.57 Å². The molecular weight excluding hydrogens is 286 g/mol. The second-order valence-electron chi connectivity index (χ2n) is 5.19. The fourth-order valence-corrected chi connectivity index (χ4v) is 2.48. The van der Waals surface area contributed by atoms with Gasteiger partial charge >= 0.3 is 29.6 Å². The van der Waals surface area contributed by atoms with Crippen LogP contribution in [0, 0.1) is 0 Å². The Morgan fingerprint density at radius 3 is 1.55 bits per heavy atom. The Balaban J connectivity index is 0. The van der Waals surface area contributed by atoms with Crippen molar-refractivity contribution in [2.75, 3.05) is 6.61 Å². The Labute approximate surface area is 146 Å². The molecule has 0 aliphatic carbocycles. The summed E-state index contributed by atoms with van der Waals surface area (Å²) in [6, 6.07) is 0. The number of hydrogen-bond acceptors (Lipinski definition) is 3. The van der Waals surface area contributed by atoms with Crippen molar-refractivity contribution < 1.29 is 48.4 Å². The average molecular weight is 316 g/mol. The molecule has 0 amide bonds. The summed E-state index contributed by atoms with van der Waals surface area (Å²) in [5.74, 6) is 0. The molecule has 0 bridgehead atoms. The fraction of sp³-hybridized carbons (Fsp3) is 1.00. The van der Waals surface area contributed by atoms with Gasteiger partial charge in [-0.15, -0.1) is 0 Å². The molecule has 0 fully saturated rings. The van der Waals surface area contributed by atoms with Gasteiger partial charge in [0.05, 0.1) is 6.61 Å². The van der Waals surface area contributed by atoms with Gasteiger partial charge in [0, 0.05) is 0 Å². The quantitative estimate of drug-likeness (QED) is 0.297. The first kappa shape index (κ1) is 23.4. The number of hydrogen-bond donors (Lipinski definition) is 1. The van der Waals surface area contributed by atoms with E-state index in [0.717, 1.165) is 12.8 Å². The maximum atomic E-state index is 10.3. The number of phosphoric ester groups is 1. The van der Waals surface area contributed by atoms with Crippen molar-refractivity contribution in [3.63, 3.8) is 0 Å². The van der Waals surface area contributed by atoms with Crippen molar-refractivity contribution in [1.29, 1.82) is 0 Å². The summed E-state index contributed by atoms with van der Waals surface area (Å²) in [5, 5.41) is 0. The van der Waals surface area contributed by atoms with Crippen LogP contribution in [0.3, 0.4) is 0 Å². The van der Waals surface area contributed by atoms with Gasteiger partial charge in [-0.25, -0.2) is 0 Å². The Hall–Kier alpha value is 1.11. The van der Waals surface area contributed by atoms with E-state index in [0.29, 0.717) is 6.42 Å². The van der Waals surface area contributed by atoms with Gasteiger partial charge in [-0.1, -0.05) is 77.6 Å². The summed E-state index contributed by atoms with van der Waals surface area (Å²) in [7, 11) is -4.50. The fourth-order valence-electron chi connectivity index (χ4n) is 2.12. The van der Waals surface area contributed by atoms with Crippen LogP contribution in [0.25, 0.3) is 0 Å². The molecule has 0 saturated carbocycles. The molecule has 0 aromatic rings. The van der Waals surface area contributed by atoms with Gasteiger partial charge in [0.2, 0.25) is 0 Å². The zero-order chi connectivity index (χ0) is 14.4. The molecule has 0 spiro atoms. The van der Waals surface area contributed by atoms with E-state index in [-0.39, 0.29) is 36.2 Å². The Morgan fingerprint density at radius 1 is 0.850 bits per heavy atom. The van der Waals surface area contributed by atoms with Crippen LogP contribution in [-0.2, 0) is 9.09 Å². The minimum atomic E-state index is -4.50. The molecule has 0 aromatic heterocycles. The third-order valence-corrected chi connectivity index (χ3v) is 3.76. The summed E-state index contributed by atoms with van der Waals surface area (Å²) in [4.78, 5) is 18.7. The molecule has 1 N–H and O–H groups in total. The molecule has 0 aliphatic rings. The van der Waals surface area contributed by atoms with E-state index >= 15 is 0 Å². The molecule has 0 radical (unpaired) electrons. The third kappa shape index (κ3) is 21.4. The monoisotopic (exact) mass is 316 g/mol. The molecule has 1 atom stereocenters. The van der Waals surface area contributed by atoms with E-state index in [2.05, 4.69) is 11.4 Å². The van der Waals surface area contributed by atoms with Crippen LogP contribution in [-0.4, -0.2) is 11.5 Å². The maximum Gasteiger partial charge on any atom is 1.00 e. The van der Waals surface area contributed by atoms with Gasteiger partial charge in [-0.05, 0) is 6.42 Å². The first-order valence-corrected chi connectivity index (χ1v) is 9.24. The van der Waals surface area contributed by atoms with Crippen LogP contribution in [0.5, 0.6) is 0 Å². The molecule has 4 nitrogen and oxygen atoms in total. The smallest absolute Gasteiger partial charge is 0.756 e. The summed E-state index contributed by atoms with van der Waals surface area (Å²) < 4.78 is 14.6. The van der Waals surface area contributed by atoms with Crippen LogP contribution in [0.15, 0.2) is 0 Å². The molecule has 0 aliphatic heterocycles. The predicted molar refractivity (Wildman–Crippen MR) is 76.9 cm³/mol. The van der Waals surface area contributed by atoms with Gasteiger partial charge in [-0.2, -0.15) is 0 Å². The summed E-state index contributed by atoms with van der Waals surface area (Å²) in [6.45, 7) is 2.34. The molecule has 0 saturated heterocycles. The topological polar surface area (TPSA) is 69.6 Å². The first-order valence-electron chi connectivity index (χ1n) is 7.74. The molecule has 6 heteroatoms. The molecule has 0 aromatic carbocycles. The SMILES string of the molecule is CCCCCCCCCCCCCCOP(=O)([O-])O.[Na+]. The van der Waals surface area contributed by atoms with E-state index < -0.39 is 7.82 Å². The van der Waals surface area contributed by atoms with Crippen molar-refractivity contribution in [3.8, 4) is 0 Å². The molecule has 20 heavy (non-hydrogen) atoms. The van der Waals surface area contributed by atoms with Gasteiger partial charge in [0.15, 0.2) is 0 Å². The maximum absolute atomic E-state index is 10.3. The van der Waals surface area contributed by atoms with Crippen LogP contribution >= 0.6 is 7.82 Å². The van der Waals surface area contributed by atoms with E-state index in [9.17, 15) is 9.46 Å². The zero-order valence-electron chi connectivity index (χ0n) is 13.3. The number of rotatable bonds is 14. The molecule has 1 unspecified atom stereocenters. The normalized spacial score (nSPS) is 13.8.